The Morgan fingerprint density at radius 2 is 1.87 bits per heavy atom. The molecule has 1 aliphatic rings. The van der Waals surface area contributed by atoms with Gasteiger partial charge < -0.3 is 9.32 Å². The first-order chi connectivity index (χ1) is 14.4. The van der Waals surface area contributed by atoms with Crippen LogP contribution in [-0.2, 0) is 16.4 Å². The van der Waals surface area contributed by atoms with E-state index in [1.165, 1.54) is 0 Å². The Bertz CT molecular complexity index is 1120. The van der Waals surface area contributed by atoms with Gasteiger partial charge in [0.05, 0.1) is 30.3 Å². The SMILES string of the molecule is Cc1cccc(N(Cc2ccc(-c3nn[c-]o3)cc2)C(=O)N2CCS(=O)(=O)CC2)c1.[Cf]. The Labute approximate surface area is 175 Å². The Morgan fingerprint density at radius 1 is 1.16 bits per heavy atom. The third-order valence-electron chi connectivity index (χ3n) is 5.02. The Hall–Kier alpha value is -4.20. The molecule has 10 heteroatoms. The van der Waals surface area contributed by atoms with Gasteiger partial charge in [0, 0.05) is 18.8 Å². The summed E-state index contributed by atoms with van der Waals surface area (Å²) in [5, 5.41) is 7.40. The number of sulfone groups is 1. The average molecular weight is 676 g/mol. The minimum Gasteiger partial charge on any atom is -0.609 e. The molecule has 1 saturated heterocycles. The molecule has 1 aromatic heterocycles. The van der Waals surface area contributed by atoms with Crippen molar-refractivity contribution < 1.29 is 17.6 Å². The summed E-state index contributed by atoms with van der Waals surface area (Å²) in [6, 6.07) is 15.0. The van der Waals surface area contributed by atoms with Crippen molar-refractivity contribution in [3.05, 3.63) is 66.1 Å². The molecule has 2 heterocycles. The van der Waals surface area contributed by atoms with E-state index in [9.17, 15) is 13.2 Å². The zero-order valence-corrected chi connectivity index (χ0v) is 20.3. The molecule has 0 saturated carbocycles. The van der Waals surface area contributed by atoms with Gasteiger partial charge in [0.2, 0.25) is 0 Å². The maximum absolute atomic E-state index is 13.3. The molecule has 8 nitrogen and oxygen atoms in total. The number of carbonyl (C=O) groups is 1. The summed E-state index contributed by atoms with van der Waals surface area (Å²) in [5.74, 6) is 0.370. The van der Waals surface area contributed by atoms with Crippen molar-refractivity contribution in [2.45, 2.75) is 13.5 Å². The molecule has 2 amide bonds. The van der Waals surface area contributed by atoms with Crippen molar-refractivity contribution in [3.8, 4) is 11.5 Å². The molecule has 3 aromatic rings. The predicted molar refractivity (Wildman–Crippen MR) is 112 cm³/mol. The van der Waals surface area contributed by atoms with Crippen LogP contribution in [0.15, 0.2) is 52.9 Å². The number of anilines is 1. The van der Waals surface area contributed by atoms with E-state index in [0.717, 1.165) is 22.4 Å². The monoisotopic (exact) mass is 674 g/mol. The minimum absolute atomic E-state index is 0. The molecule has 166 valence electrons. The third-order valence-corrected chi connectivity index (χ3v) is 6.63. The van der Waals surface area contributed by atoms with E-state index in [4.69, 9.17) is 4.42 Å². The van der Waals surface area contributed by atoms with E-state index >= 15 is 0 Å². The van der Waals surface area contributed by atoms with Gasteiger partial charge >= 0.3 is 6.03 Å². The van der Waals surface area contributed by atoms with E-state index < -0.39 is 9.84 Å². The smallest absolute Gasteiger partial charge is 0.324 e. The van der Waals surface area contributed by atoms with E-state index in [1.54, 1.807) is 9.80 Å². The second kappa shape index (κ2) is 8.66. The quantitative estimate of drug-likeness (QED) is 0.395. The van der Waals surface area contributed by atoms with Crippen molar-refractivity contribution in [3.63, 3.8) is 0 Å². The molecule has 4 rings (SSSR count). The third kappa shape index (κ3) is 4.87. The summed E-state index contributed by atoms with van der Waals surface area (Å²) in [6.07, 6.45) is 2.32. The minimum atomic E-state index is -3.07. The Balaban J connectivity index is 0.00000272. The molecule has 0 N–H and O–H groups in total. The van der Waals surface area contributed by atoms with Crippen molar-refractivity contribution in [1.29, 1.82) is 0 Å². The molecule has 2 aromatic carbocycles. The summed E-state index contributed by atoms with van der Waals surface area (Å²) in [6.45, 7) is 2.73. The summed E-state index contributed by atoms with van der Waals surface area (Å²) < 4.78 is 28.6. The maximum Gasteiger partial charge on any atom is 0.324 e. The van der Waals surface area contributed by atoms with Gasteiger partial charge in [0.25, 0.3) is 0 Å². The van der Waals surface area contributed by atoms with Gasteiger partial charge in [-0.3, -0.25) is 4.90 Å². The van der Waals surface area contributed by atoms with Gasteiger partial charge in [0.1, 0.15) is 0 Å². The molecule has 0 bridgehead atoms. The predicted octanol–water partition coefficient (Wildman–Crippen LogP) is 2.70. The van der Waals surface area contributed by atoms with Gasteiger partial charge in [-0.15, -0.1) is 0 Å². The van der Waals surface area contributed by atoms with Crippen LogP contribution in [0.3, 0.4) is 0 Å². The number of urea groups is 1. The summed E-state index contributed by atoms with van der Waals surface area (Å²) in [7, 11) is -3.07. The maximum atomic E-state index is 13.3. The normalized spacial score (nSPS) is 15.2. The van der Waals surface area contributed by atoms with Crippen LogP contribution in [0.1, 0.15) is 11.1 Å². The molecular weight excluding hydrogens is 655 g/mol. The van der Waals surface area contributed by atoms with Crippen LogP contribution in [-0.4, -0.2) is 54.1 Å². The molecule has 0 spiro atoms. The molecule has 0 unspecified atom stereocenters. The van der Waals surface area contributed by atoms with E-state index in [0.29, 0.717) is 12.4 Å². The summed E-state index contributed by atoms with van der Waals surface area (Å²) >= 11 is 0. The van der Waals surface area contributed by atoms with Gasteiger partial charge in [0.15, 0.2) is 9.84 Å². The molecule has 1 fully saturated rings. The van der Waals surface area contributed by atoms with E-state index in [-0.39, 0.29) is 30.6 Å². The molecule has 0 atom stereocenters. The number of nitrogens with zero attached hydrogens (tertiary/aromatic N) is 4. The first-order valence-corrected chi connectivity index (χ1v) is 11.4. The fourth-order valence-corrected chi connectivity index (χ4v) is 4.54. The van der Waals surface area contributed by atoms with Crippen molar-refractivity contribution >= 4 is 21.6 Å². The fourth-order valence-electron chi connectivity index (χ4n) is 3.34. The topological polar surface area (TPSA) is 96.6 Å². The van der Waals surface area contributed by atoms with Crippen LogP contribution in [0.25, 0.3) is 11.5 Å². The van der Waals surface area contributed by atoms with Gasteiger partial charge in [-0.25, -0.2) is 23.4 Å². The zero-order chi connectivity index (χ0) is 21.1. The average Bonchev–Trinajstić information content (AvgIpc) is 3.27. The fraction of sp³-hybridized carbons (Fsp3) is 0.286. The summed E-state index contributed by atoms with van der Waals surface area (Å²) in [4.78, 5) is 16.6. The number of hydrogen-bond acceptors (Lipinski definition) is 6. The van der Waals surface area contributed by atoms with Crippen LogP contribution in [0.5, 0.6) is 0 Å². The van der Waals surface area contributed by atoms with Gasteiger partial charge in [-0.1, -0.05) is 36.4 Å². The first kappa shape index (κ1) is 21.5. The number of rotatable bonds is 4. The van der Waals surface area contributed by atoms with Gasteiger partial charge in [-0.05, 0) is 35.7 Å². The molecule has 0 radical (unpaired) electrons. The van der Waals surface area contributed by atoms with Crippen molar-refractivity contribution in [2.24, 2.45) is 0 Å². The van der Waals surface area contributed by atoms with Crippen LogP contribution < -0.4 is 4.90 Å². The largest absolute Gasteiger partial charge is 0.609 e. The zero-order valence-electron chi connectivity index (χ0n) is 16.8. The van der Waals surface area contributed by atoms with Crippen LogP contribution in [0.4, 0.5) is 10.5 Å². The molecular formula is C21H21CfN4O4S-. The number of hydrogen-bond donors (Lipinski definition) is 0. The molecule has 31 heavy (non-hydrogen) atoms. The van der Waals surface area contributed by atoms with Crippen LogP contribution in [0, 0.1) is 13.3 Å². The Morgan fingerprint density at radius 3 is 2.48 bits per heavy atom. The number of aryl methyl sites for hydroxylation is 1. The number of aromatic nitrogens is 2. The number of benzene rings is 2. The van der Waals surface area contributed by atoms with E-state index in [1.807, 2.05) is 55.5 Å². The van der Waals surface area contributed by atoms with Crippen molar-refractivity contribution in [1.82, 2.24) is 15.1 Å². The van der Waals surface area contributed by atoms with Crippen LogP contribution in [0.2, 0.25) is 0 Å². The second-order valence-corrected chi connectivity index (χ2v) is 9.55. The molecule has 0 aliphatic carbocycles. The second-order valence-electron chi connectivity index (χ2n) is 7.24. The van der Waals surface area contributed by atoms with E-state index in [2.05, 4.69) is 16.6 Å². The van der Waals surface area contributed by atoms with Crippen molar-refractivity contribution in [2.75, 3.05) is 29.5 Å². The number of amides is 2. The summed E-state index contributed by atoms with van der Waals surface area (Å²) in [5.41, 5.74) is 3.49. The standard InChI is InChI=1S/C21H21N4O4S.Cf/c1-16-3-2-4-19(13-16)25(21(26)24-9-11-30(27,28)12-10-24)14-17-5-7-18(8-6-17)20-23-22-15-29-20;/h2-8,13H,9-12,14H2,1H3;/q-1;. The number of carbonyl (C=O) groups excluding carboxylic acids is 1. The van der Waals surface area contributed by atoms with Gasteiger partial charge in [-0.2, -0.15) is 0 Å². The Kier molecular flexibility index (Phi) is 6.01. The van der Waals surface area contributed by atoms with Crippen LogP contribution >= 0.6 is 0 Å². The first-order valence-electron chi connectivity index (χ1n) is 9.54. The molecule has 1 aliphatic heterocycles.